The van der Waals surface area contributed by atoms with Crippen molar-refractivity contribution >= 4 is 17.2 Å². The zero-order valence-corrected chi connectivity index (χ0v) is 11.7. The first kappa shape index (κ1) is 14.2. The van der Waals surface area contributed by atoms with Gasteiger partial charge in [0.15, 0.2) is 0 Å². The van der Waals surface area contributed by atoms with Gasteiger partial charge < -0.3 is 10.4 Å². The zero-order valence-electron chi connectivity index (χ0n) is 10.9. The van der Waals surface area contributed by atoms with Crippen molar-refractivity contribution in [2.75, 3.05) is 6.61 Å². The summed E-state index contributed by atoms with van der Waals surface area (Å²) in [5, 5.41) is 11.4. The van der Waals surface area contributed by atoms with Crippen LogP contribution < -0.4 is 5.32 Å². The van der Waals surface area contributed by atoms with Crippen molar-refractivity contribution in [1.82, 2.24) is 15.3 Å². The largest absolute Gasteiger partial charge is 0.384 e. The zero-order chi connectivity index (χ0) is 14.4. The number of aliphatic hydroxyl groups excluding tert-OH is 1. The molecule has 0 atom stereocenters. The molecule has 5 nitrogen and oxygen atoms in total. The van der Waals surface area contributed by atoms with Crippen LogP contribution in [0.15, 0.2) is 24.5 Å². The van der Waals surface area contributed by atoms with Gasteiger partial charge in [0.2, 0.25) is 0 Å². The summed E-state index contributed by atoms with van der Waals surface area (Å²) in [4.78, 5) is 21.7. The van der Waals surface area contributed by atoms with Crippen molar-refractivity contribution in [1.29, 1.82) is 0 Å². The summed E-state index contributed by atoms with van der Waals surface area (Å²) >= 11 is 1.48. The first-order valence-corrected chi connectivity index (χ1v) is 6.76. The molecular weight excluding hydrogens is 274 g/mol. The minimum Gasteiger partial charge on any atom is -0.384 e. The second-order valence-corrected chi connectivity index (χ2v) is 5.12. The summed E-state index contributed by atoms with van der Waals surface area (Å²) in [7, 11) is 0. The molecule has 0 aliphatic heterocycles. The standard InChI is InChI=1S/C14H13N3O2S/c1-10-7-16-13(9-15-10)14(19)17-8-12-5-4-11(20-12)3-2-6-18/h4-5,7,9,18H,6,8H2,1H3,(H,17,19). The summed E-state index contributed by atoms with van der Waals surface area (Å²) < 4.78 is 0. The Labute approximate surface area is 120 Å². The van der Waals surface area contributed by atoms with E-state index in [2.05, 4.69) is 27.1 Å². The lowest BCUT2D eigenvalue weighted by Crippen LogP contribution is -2.23. The maximum absolute atomic E-state index is 11.8. The van der Waals surface area contributed by atoms with Gasteiger partial charge in [0.05, 0.1) is 23.3 Å². The molecule has 1 amide bonds. The van der Waals surface area contributed by atoms with Gasteiger partial charge in [-0.2, -0.15) is 0 Å². The monoisotopic (exact) mass is 287 g/mol. The fraction of sp³-hybridized carbons (Fsp3) is 0.214. The normalized spacial score (nSPS) is 9.70. The Morgan fingerprint density at radius 1 is 1.40 bits per heavy atom. The Morgan fingerprint density at radius 2 is 2.25 bits per heavy atom. The van der Waals surface area contributed by atoms with E-state index >= 15 is 0 Å². The van der Waals surface area contributed by atoms with E-state index in [0.717, 1.165) is 15.4 Å². The third-order valence-electron chi connectivity index (χ3n) is 2.39. The van der Waals surface area contributed by atoms with Crippen LogP contribution in [-0.2, 0) is 6.54 Å². The van der Waals surface area contributed by atoms with Crippen molar-refractivity contribution in [2.24, 2.45) is 0 Å². The van der Waals surface area contributed by atoms with E-state index in [4.69, 9.17) is 5.11 Å². The van der Waals surface area contributed by atoms with E-state index in [1.54, 1.807) is 6.20 Å². The highest BCUT2D eigenvalue weighted by Gasteiger charge is 2.07. The molecule has 2 N–H and O–H groups in total. The molecule has 0 spiro atoms. The maximum Gasteiger partial charge on any atom is 0.271 e. The fourth-order valence-electron chi connectivity index (χ4n) is 1.43. The number of carbonyl (C=O) groups is 1. The van der Waals surface area contributed by atoms with Crippen LogP contribution in [0.5, 0.6) is 0 Å². The molecule has 2 heterocycles. The molecule has 0 aromatic carbocycles. The van der Waals surface area contributed by atoms with Crippen LogP contribution in [-0.4, -0.2) is 27.6 Å². The SMILES string of the molecule is Cc1cnc(C(=O)NCc2ccc(C#CCO)s2)cn1. The lowest BCUT2D eigenvalue weighted by molar-refractivity contribution is 0.0946. The Bertz CT molecular complexity index is 653. The summed E-state index contributed by atoms with van der Waals surface area (Å²) in [5.74, 6) is 5.15. The van der Waals surface area contributed by atoms with Crippen LogP contribution in [0, 0.1) is 18.8 Å². The van der Waals surface area contributed by atoms with Gasteiger partial charge in [0, 0.05) is 11.1 Å². The smallest absolute Gasteiger partial charge is 0.271 e. The van der Waals surface area contributed by atoms with Crippen LogP contribution in [0.3, 0.4) is 0 Å². The number of nitrogens with one attached hydrogen (secondary N) is 1. The first-order chi connectivity index (χ1) is 9.69. The van der Waals surface area contributed by atoms with Crippen LogP contribution in [0.4, 0.5) is 0 Å². The highest BCUT2D eigenvalue weighted by atomic mass is 32.1. The fourth-order valence-corrected chi connectivity index (χ4v) is 2.26. The van der Waals surface area contributed by atoms with Crippen molar-refractivity contribution in [2.45, 2.75) is 13.5 Å². The van der Waals surface area contributed by atoms with Crippen molar-refractivity contribution < 1.29 is 9.90 Å². The number of thiophene rings is 1. The summed E-state index contributed by atoms with van der Waals surface area (Å²) in [6, 6.07) is 3.76. The maximum atomic E-state index is 11.8. The van der Waals surface area contributed by atoms with E-state index in [1.165, 1.54) is 17.5 Å². The molecule has 0 radical (unpaired) electrons. The number of hydrogen-bond acceptors (Lipinski definition) is 5. The predicted octanol–water partition coefficient (Wildman–Crippen LogP) is 1.12. The number of aromatic nitrogens is 2. The van der Waals surface area contributed by atoms with Gasteiger partial charge in [-0.1, -0.05) is 11.8 Å². The molecule has 0 aliphatic carbocycles. The molecule has 102 valence electrons. The molecule has 0 fully saturated rings. The summed E-state index contributed by atoms with van der Waals surface area (Å²) in [6.45, 7) is 2.07. The number of rotatable bonds is 3. The highest BCUT2D eigenvalue weighted by molar-refractivity contribution is 7.12. The van der Waals surface area contributed by atoms with E-state index in [-0.39, 0.29) is 12.5 Å². The molecule has 6 heteroatoms. The minimum absolute atomic E-state index is 0.157. The van der Waals surface area contributed by atoms with Crippen molar-refractivity contribution in [3.63, 3.8) is 0 Å². The summed E-state index contributed by atoms with van der Waals surface area (Å²) in [6.07, 6.45) is 3.01. The lowest BCUT2D eigenvalue weighted by Gasteiger charge is -2.02. The highest BCUT2D eigenvalue weighted by Crippen LogP contribution is 2.15. The van der Waals surface area contributed by atoms with E-state index in [1.807, 2.05) is 19.1 Å². The molecule has 2 aromatic rings. The average Bonchev–Trinajstić information content (AvgIpc) is 2.91. The summed E-state index contributed by atoms with van der Waals surface area (Å²) in [5.41, 5.74) is 1.07. The Balaban J connectivity index is 1.93. The van der Waals surface area contributed by atoms with Crippen molar-refractivity contribution in [3.05, 3.63) is 45.7 Å². The van der Waals surface area contributed by atoms with Crippen molar-refractivity contribution in [3.8, 4) is 11.8 Å². The van der Waals surface area contributed by atoms with Crippen LogP contribution in [0.2, 0.25) is 0 Å². The first-order valence-electron chi connectivity index (χ1n) is 5.94. The predicted molar refractivity (Wildman–Crippen MR) is 76.2 cm³/mol. The van der Waals surface area contributed by atoms with E-state index < -0.39 is 0 Å². The molecule has 0 bridgehead atoms. The molecule has 0 saturated heterocycles. The van der Waals surface area contributed by atoms with Crippen LogP contribution in [0.25, 0.3) is 0 Å². The van der Waals surface area contributed by atoms with Gasteiger partial charge in [-0.3, -0.25) is 9.78 Å². The molecule has 0 saturated carbocycles. The Morgan fingerprint density at radius 3 is 2.95 bits per heavy atom. The lowest BCUT2D eigenvalue weighted by atomic mass is 10.3. The molecule has 0 aliphatic rings. The number of nitrogens with zero attached hydrogens (tertiary/aromatic N) is 2. The topological polar surface area (TPSA) is 75.1 Å². The van der Waals surface area contributed by atoms with E-state index in [0.29, 0.717) is 12.2 Å². The number of carbonyl (C=O) groups excluding carboxylic acids is 1. The molecule has 20 heavy (non-hydrogen) atoms. The van der Waals surface area contributed by atoms with Gasteiger partial charge in [-0.05, 0) is 19.1 Å². The Hall–Kier alpha value is -2.23. The second kappa shape index (κ2) is 6.80. The van der Waals surface area contributed by atoms with Crippen LogP contribution in [0.1, 0.15) is 25.9 Å². The van der Waals surface area contributed by atoms with Gasteiger partial charge in [0.1, 0.15) is 12.3 Å². The van der Waals surface area contributed by atoms with Gasteiger partial charge >= 0.3 is 0 Å². The van der Waals surface area contributed by atoms with Crippen LogP contribution >= 0.6 is 11.3 Å². The van der Waals surface area contributed by atoms with Gasteiger partial charge in [-0.25, -0.2) is 4.98 Å². The van der Waals surface area contributed by atoms with Gasteiger partial charge in [0.25, 0.3) is 5.91 Å². The third-order valence-corrected chi connectivity index (χ3v) is 3.39. The quantitative estimate of drug-likeness (QED) is 0.830. The second-order valence-electron chi connectivity index (χ2n) is 3.95. The number of hydrogen-bond donors (Lipinski definition) is 2. The number of aliphatic hydroxyl groups is 1. The average molecular weight is 287 g/mol. The molecular formula is C14H13N3O2S. The molecule has 0 unspecified atom stereocenters. The van der Waals surface area contributed by atoms with E-state index in [9.17, 15) is 4.79 Å². The Kier molecular flexibility index (Phi) is 4.82. The van der Waals surface area contributed by atoms with Gasteiger partial charge in [-0.15, -0.1) is 11.3 Å². The number of amides is 1. The number of aryl methyl sites for hydroxylation is 1. The minimum atomic E-state index is -0.256. The third kappa shape index (κ3) is 3.88. The molecule has 2 rings (SSSR count). The molecule has 2 aromatic heterocycles.